The molecule has 0 atom stereocenters. The summed E-state index contributed by atoms with van der Waals surface area (Å²) in [6.45, 7) is 9.17. The van der Waals surface area contributed by atoms with Crippen LogP contribution in [0.4, 0.5) is 11.5 Å². The topological polar surface area (TPSA) is 93.7 Å². The van der Waals surface area contributed by atoms with Crippen LogP contribution in [0.3, 0.4) is 0 Å². The molecule has 8 nitrogen and oxygen atoms in total. The van der Waals surface area contributed by atoms with Crippen LogP contribution in [-0.2, 0) is 14.8 Å². The van der Waals surface area contributed by atoms with Crippen molar-refractivity contribution in [1.29, 1.82) is 0 Å². The first-order chi connectivity index (χ1) is 16.4. The first-order valence-electron chi connectivity index (χ1n) is 11.4. The molecule has 1 fully saturated rings. The fraction of sp³-hybridized carbons (Fsp3) is 0.360. The maximum Gasteiger partial charge on any atom is 0.265 e. The quantitative estimate of drug-likeness (QED) is 0.511. The Morgan fingerprint density at radius 1 is 1.06 bits per heavy atom. The summed E-state index contributed by atoms with van der Waals surface area (Å²) in [6.07, 6.45) is 0. The molecule has 3 aromatic rings. The van der Waals surface area contributed by atoms with Gasteiger partial charge in [0.15, 0.2) is 5.82 Å². The number of nitrogens with one attached hydrogen (secondary N) is 1. The molecule has 0 spiro atoms. The SMILES string of the molecule is CCOc1ccc(C(C)C)cc1S(=O)(=O)Nc1cccc(-c2ccc(N3CCOCC3)nn2)c1. The second-order valence-corrected chi connectivity index (χ2v) is 10.0. The molecule has 0 bridgehead atoms. The normalized spacial score (nSPS) is 14.3. The third kappa shape index (κ3) is 5.48. The molecule has 180 valence electrons. The number of rotatable bonds is 8. The van der Waals surface area contributed by atoms with Gasteiger partial charge in [-0.2, -0.15) is 0 Å². The minimum absolute atomic E-state index is 0.126. The Kier molecular flexibility index (Phi) is 7.33. The minimum Gasteiger partial charge on any atom is -0.492 e. The van der Waals surface area contributed by atoms with Crippen LogP contribution < -0.4 is 14.4 Å². The molecule has 1 aromatic heterocycles. The van der Waals surface area contributed by atoms with Crippen molar-refractivity contribution in [2.75, 3.05) is 42.5 Å². The maximum absolute atomic E-state index is 13.3. The lowest BCUT2D eigenvalue weighted by Gasteiger charge is -2.27. The fourth-order valence-electron chi connectivity index (χ4n) is 3.76. The van der Waals surface area contributed by atoms with Crippen LogP contribution in [0.2, 0.25) is 0 Å². The van der Waals surface area contributed by atoms with E-state index in [2.05, 4.69) is 19.8 Å². The van der Waals surface area contributed by atoms with Crippen molar-refractivity contribution in [2.45, 2.75) is 31.6 Å². The molecule has 1 saturated heterocycles. The zero-order chi connectivity index (χ0) is 24.1. The van der Waals surface area contributed by atoms with Gasteiger partial charge >= 0.3 is 0 Å². The van der Waals surface area contributed by atoms with Crippen molar-refractivity contribution in [3.05, 3.63) is 60.2 Å². The molecule has 0 aliphatic carbocycles. The summed E-state index contributed by atoms with van der Waals surface area (Å²) in [5.41, 5.74) is 2.79. The van der Waals surface area contributed by atoms with Crippen molar-refractivity contribution in [2.24, 2.45) is 0 Å². The van der Waals surface area contributed by atoms with E-state index < -0.39 is 10.0 Å². The lowest BCUT2D eigenvalue weighted by molar-refractivity contribution is 0.122. The van der Waals surface area contributed by atoms with E-state index in [0.717, 1.165) is 30.0 Å². The first kappa shape index (κ1) is 24.0. The van der Waals surface area contributed by atoms with Crippen molar-refractivity contribution < 1.29 is 17.9 Å². The third-order valence-electron chi connectivity index (χ3n) is 5.62. The van der Waals surface area contributed by atoms with Gasteiger partial charge in [-0.1, -0.05) is 32.0 Å². The van der Waals surface area contributed by atoms with Crippen LogP contribution in [0.25, 0.3) is 11.3 Å². The van der Waals surface area contributed by atoms with E-state index in [1.165, 1.54) is 0 Å². The number of benzene rings is 2. The molecule has 34 heavy (non-hydrogen) atoms. The van der Waals surface area contributed by atoms with Gasteiger partial charge in [-0.15, -0.1) is 10.2 Å². The fourth-order valence-corrected chi connectivity index (χ4v) is 4.99. The van der Waals surface area contributed by atoms with E-state index in [-0.39, 0.29) is 10.8 Å². The highest BCUT2D eigenvalue weighted by molar-refractivity contribution is 7.92. The van der Waals surface area contributed by atoms with Gasteiger partial charge in [0.25, 0.3) is 10.0 Å². The van der Waals surface area contributed by atoms with Gasteiger partial charge in [0.2, 0.25) is 0 Å². The summed E-state index contributed by atoms with van der Waals surface area (Å²) >= 11 is 0. The Morgan fingerprint density at radius 3 is 2.53 bits per heavy atom. The predicted molar refractivity (Wildman–Crippen MR) is 133 cm³/mol. The zero-order valence-electron chi connectivity index (χ0n) is 19.7. The molecule has 1 aliphatic rings. The van der Waals surface area contributed by atoms with Crippen LogP contribution in [0, 0.1) is 0 Å². The van der Waals surface area contributed by atoms with Gasteiger partial charge in [-0.05, 0) is 54.8 Å². The molecule has 0 saturated carbocycles. The van der Waals surface area contributed by atoms with E-state index in [4.69, 9.17) is 9.47 Å². The Hall–Kier alpha value is -3.17. The molecule has 0 radical (unpaired) electrons. The Bertz CT molecular complexity index is 1220. The van der Waals surface area contributed by atoms with E-state index in [9.17, 15) is 8.42 Å². The minimum atomic E-state index is -3.87. The highest BCUT2D eigenvalue weighted by Crippen LogP contribution is 2.31. The molecule has 4 rings (SSSR count). The summed E-state index contributed by atoms with van der Waals surface area (Å²) in [4.78, 5) is 2.26. The number of hydrogen-bond acceptors (Lipinski definition) is 7. The lowest BCUT2D eigenvalue weighted by Crippen LogP contribution is -2.36. The largest absolute Gasteiger partial charge is 0.492 e. The van der Waals surface area contributed by atoms with Crippen LogP contribution in [0.5, 0.6) is 5.75 Å². The average Bonchev–Trinajstić information content (AvgIpc) is 2.85. The van der Waals surface area contributed by atoms with Crippen molar-refractivity contribution in [3.63, 3.8) is 0 Å². The van der Waals surface area contributed by atoms with Crippen LogP contribution in [-0.4, -0.2) is 51.5 Å². The molecule has 0 amide bonds. The predicted octanol–water partition coefficient (Wildman–Crippen LogP) is 4.30. The van der Waals surface area contributed by atoms with Gasteiger partial charge in [0.1, 0.15) is 10.6 Å². The monoisotopic (exact) mass is 482 g/mol. The van der Waals surface area contributed by atoms with Gasteiger partial charge in [-0.3, -0.25) is 4.72 Å². The van der Waals surface area contributed by atoms with Crippen LogP contribution >= 0.6 is 0 Å². The Balaban J connectivity index is 1.58. The number of sulfonamides is 1. The number of ether oxygens (including phenoxy) is 2. The Morgan fingerprint density at radius 2 is 1.85 bits per heavy atom. The number of hydrogen-bond donors (Lipinski definition) is 1. The van der Waals surface area contributed by atoms with Crippen molar-refractivity contribution in [3.8, 4) is 17.0 Å². The molecule has 2 heterocycles. The first-order valence-corrected chi connectivity index (χ1v) is 12.9. The van der Waals surface area contributed by atoms with Crippen molar-refractivity contribution in [1.82, 2.24) is 10.2 Å². The number of nitrogens with zero attached hydrogens (tertiary/aromatic N) is 3. The summed E-state index contributed by atoms with van der Waals surface area (Å²) in [6, 6.07) is 16.2. The average molecular weight is 483 g/mol. The van der Waals surface area contributed by atoms with E-state index in [1.54, 1.807) is 30.3 Å². The molecule has 1 N–H and O–H groups in total. The maximum atomic E-state index is 13.3. The summed E-state index contributed by atoms with van der Waals surface area (Å²) in [5.74, 6) is 1.32. The highest BCUT2D eigenvalue weighted by Gasteiger charge is 2.22. The van der Waals surface area contributed by atoms with Crippen LogP contribution in [0.15, 0.2) is 59.5 Å². The molecule has 0 unspecified atom stereocenters. The smallest absolute Gasteiger partial charge is 0.265 e. The van der Waals surface area contributed by atoms with Gasteiger partial charge in [0.05, 0.1) is 25.5 Å². The summed E-state index contributed by atoms with van der Waals surface area (Å²) in [7, 11) is -3.87. The Labute approximate surface area is 201 Å². The lowest BCUT2D eigenvalue weighted by atomic mass is 10.0. The number of anilines is 2. The standard InChI is InChI=1S/C25H30N4O4S/c1-4-33-23-10-8-19(18(2)3)17-24(23)34(30,31)28-21-7-5-6-20(16-21)22-9-11-25(27-26-22)29-12-14-32-15-13-29/h5-11,16-18,28H,4,12-15H2,1-3H3. The zero-order valence-corrected chi connectivity index (χ0v) is 20.5. The second-order valence-electron chi connectivity index (χ2n) is 8.36. The van der Waals surface area contributed by atoms with Gasteiger partial charge in [-0.25, -0.2) is 8.42 Å². The molecular formula is C25H30N4O4S. The molecular weight excluding hydrogens is 452 g/mol. The highest BCUT2D eigenvalue weighted by atomic mass is 32.2. The number of aromatic nitrogens is 2. The van der Waals surface area contributed by atoms with Gasteiger partial charge in [0, 0.05) is 24.3 Å². The van der Waals surface area contributed by atoms with E-state index in [1.807, 2.05) is 45.0 Å². The molecule has 9 heteroatoms. The van der Waals surface area contributed by atoms with Crippen LogP contribution in [0.1, 0.15) is 32.3 Å². The molecule has 2 aromatic carbocycles. The molecule has 1 aliphatic heterocycles. The van der Waals surface area contributed by atoms with Gasteiger partial charge < -0.3 is 14.4 Å². The third-order valence-corrected chi connectivity index (χ3v) is 7.02. The summed E-state index contributed by atoms with van der Waals surface area (Å²) < 4.78 is 40.3. The summed E-state index contributed by atoms with van der Waals surface area (Å²) in [5, 5.41) is 8.71. The van der Waals surface area contributed by atoms with E-state index >= 15 is 0 Å². The van der Waals surface area contributed by atoms with Crippen molar-refractivity contribution >= 4 is 21.5 Å². The van der Waals surface area contributed by atoms with E-state index in [0.29, 0.717) is 37.0 Å². The number of morpholine rings is 1. The second kappa shape index (κ2) is 10.4.